The molecule has 0 radical (unpaired) electrons. The van der Waals surface area contributed by atoms with E-state index in [1.54, 1.807) is 10.9 Å². The third kappa shape index (κ3) is 5.32. The predicted octanol–water partition coefficient (Wildman–Crippen LogP) is 1.66. The van der Waals surface area contributed by atoms with Crippen molar-refractivity contribution >= 4 is 29.0 Å². The molecular weight excluding hydrogens is 454 g/mol. The summed E-state index contributed by atoms with van der Waals surface area (Å²) in [6, 6.07) is 7.14. The molecule has 2 heterocycles. The van der Waals surface area contributed by atoms with Crippen LogP contribution in [0, 0.1) is 5.41 Å². The van der Waals surface area contributed by atoms with E-state index >= 15 is 0 Å². The lowest BCUT2D eigenvalue weighted by molar-refractivity contribution is -0.154. The zero-order valence-corrected chi connectivity index (χ0v) is 19.6. The fraction of sp³-hybridized carbons (Fsp3) is 0.478. The zero-order valence-electron chi connectivity index (χ0n) is 19.6. The van der Waals surface area contributed by atoms with Crippen molar-refractivity contribution in [3.8, 4) is 11.4 Å². The molecule has 1 amide bonds. The van der Waals surface area contributed by atoms with Crippen LogP contribution in [0.5, 0.6) is 5.75 Å². The Morgan fingerprint density at radius 2 is 2.09 bits per heavy atom. The van der Waals surface area contributed by atoms with E-state index in [2.05, 4.69) is 25.6 Å². The maximum Gasteiger partial charge on any atom is 0.309 e. The number of nitrogens with one attached hydrogen (secondary N) is 1. The number of aliphatic carboxylic acids is 1. The van der Waals surface area contributed by atoms with E-state index in [1.165, 1.54) is 6.92 Å². The van der Waals surface area contributed by atoms with Gasteiger partial charge in [0.25, 0.3) is 0 Å². The molecule has 12 nitrogen and oxygen atoms in total. The highest BCUT2D eigenvalue weighted by atomic mass is 16.5. The first-order valence-electron chi connectivity index (χ1n) is 11.4. The largest absolute Gasteiger partial charge is 0.494 e. The first-order valence-corrected chi connectivity index (χ1v) is 11.4. The van der Waals surface area contributed by atoms with E-state index in [1.807, 2.05) is 31.2 Å². The molecular formula is C23H29N7O5. The Morgan fingerprint density at radius 1 is 1.34 bits per heavy atom. The molecule has 0 saturated heterocycles. The summed E-state index contributed by atoms with van der Waals surface area (Å²) in [7, 11) is 0. The Kier molecular flexibility index (Phi) is 6.57. The van der Waals surface area contributed by atoms with Crippen molar-refractivity contribution in [3.05, 3.63) is 30.5 Å². The second kappa shape index (κ2) is 9.45. The van der Waals surface area contributed by atoms with Gasteiger partial charge in [0.2, 0.25) is 11.9 Å². The van der Waals surface area contributed by atoms with Crippen molar-refractivity contribution in [1.82, 2.24) is 25.0 Å². The van der Waals surface area contributed by atoms with Gasteiger partial charge in [-0.3, -0.25) is 9.59 Å². The van der Waals surface area contributed by atoms with Crippen LogP contribution in [0.15, 0.2) is 30.5 Å². The Hall–Kier alpha value is -3.80. The third-order valence-electron chi connectivity index (χ3n) is 6.25. The quantitative estimate of drug-likeness (QED) is 0.331. The van der Waals surface area contributed by atoms with Gasteiger partial charge in [-0.15, -0.1) is 5.10 Å². The number of amides is 1. The van der Waals surface area contributed by atoms with Gasteiger partial charge in [-0.2, -0.15) is 9.67 Å². The predicted molar refractivity (Wildman–Crippen MR) is 126 cm³/mol. The standard InChI is InChI=1S/C23H29N7O5/c1-3-35-16-6-4-15(5-7-16)30-19-17(28-29-30)12-25-21(27-19)26-14-8-9-23(10-14,20(32)33)13-22(2,34)11-18(24)31/h4-7,12,14,34H,3,8-11,13H2,1-2H3,(H2,24,31)(H,32,33)(H,25,26,27)/t14-,22?,23+/m1/s1. The molecule has 0 spiro atoms. The van der Waals surface area contributed by atoms with E-state index in [9.17, 15) is 19.8 Å². The molecule has 2 aromatic heterocycles. The molecule has 4 rings (SSSR count). The average molecular weight is 484 g/mol. The lowest BCUT2D eigenvalue weighted by Gasteiger charge is -2.33. The van der Waals surface area contributed by atoms with E-state index in [-0.39, 0.29) is 25.3 Å². The molecule has 35 heavy (non-hydrogen) atoms. The molecule has 1 unspecified atom stereocenters. The van der Waals surface area contributed by atoms with Crippen LogP contribution in [0.4, 0.5) is 5.95 Å². The van der Waals surface area contributed by atoms with E-state index in [4.69, 9.17) is 10.5 Å². The van der Waals surface area contributed by atoms with Gasteiger partial charge in [0.05, 0.1) is 35.9 Å². The molecule has 186 valence electrons. The van der Waals surface area contributed by atoms with Gasteiger partial charge in [-0.05, 0) is 63.8 Å². The number of ether oxygens (including phenoxy) is 1. The minimum atomic E-state index is -1.51. The number of anilines is 1. The van der Waals surface area contributed by atoms with E-state index in [0.717, 1.165) is 11.4 Å². The fourth-order valence-electron chi connectivity index (χ4n) is 4.85. The number of nitrogens with zero attached hydrogens (tertiary/aromatic N) is 5. The topological polar surface area (TPSA) is 178 Å². The number of hydrogen-bond donors (Lipinski definition) is 4. The molecule has 5 N–H and O–H groups in total. The fourth-order valence-corrected chi connectivity index (χ4v) is 4.85. The SMILES string of the molecule is CCOc1ccc(-n2nnc3cnc(N[C@@H]4CC[C@](CC(C)(O)CC(N)=O)(C(=O)O)C4)nc32)cc1. The number of fused-ring (bicyclic) bond motifs is 1. The number of aliphatic hydroxyl groups is 1. The molecule has 12 heteroatoms. The Labute approximate surface area is 201 Å². The van der Waals surface area contributed by atoms with E-state index < -0.39 is 22.9 Å². The molecule has 3 aromatic rings. The second-order valence-corrected chi connectivity index (χ2v) is 9.32. The number of primary amides is 1. The summed E-state index contributed by atoms with van der Waals surface area (Å²) in [6.45, 7) is 3.93. The van der Waals surface area contributed by atoms with Gasteiger partial charge >= 0.3 is 5.97 Å². The van der Waals surface area contributed by atoms with Crippen LogP contribution in [-0.2, 0) is 9.59 Å². The molecule has 1 aliphatic rings. The van der Waals surface area contributed by atoms with Crippen LogP contribution in [0.3, 0.4) is 0 Å². The smallest absolute Gasteiger partial charge is 0.309 e. The van der Waals surface area contributed by atoms with Crippen LogP contribution < -0.4 is 15.8 Å². The summed E-state index contributed by atoms with van der Waals surface area (Å²) in [4.78, 5) is 32.3. The zero-order chi connectivity index (χ0) is 25.2. The van der Waals surface area contributed by atoms with E-state index in [0.29, 0.717) is 36.6 Å². The summed E-state index contributed by atoms with van der Waals surface area (Å²) in [5.41, 5.74) is 4.29. The molecule has 3 atom stereocenters. The number of carbonyl (C=O) groups excluding carboxylic acids is 1. The molecule has 1 aliphatic carbocycles. The van der Waals surface area contributed by atoms with Crippen LogP contribution >= 0.6 is 0 Å². The molecule has 1 saturated carbocycles. The van der Waals surface area contributed by atoms with Crippen molar-refractivity contribution in [1.29, 1.82) is 0 Å². The highest BCUT2D eigenvalue weighted by Gasteiger charge is 2.49. The summed E-state index contributed by atoms with van der Waals surface area (Å²) >= 11 is 0. The number of benzene rings is 1. The summed E-state index contributed by atoms with van der Waals surface area (Å²) in [5, 5.41) is 32.1. The van der Waals surface area contributed by atoms with Crippen molar-refractivity contribution < 1.29 is 24.5 Å². The number of carboxylic acid groups (broad SMARTS) is 1. The number of rotatable bonds is 10. The van der Waals surface area contributed by atoms with Gasteiger partial charge in [0.1, 0.15) is 5.75 Å². The van der Waals surface area contributed by atoms with Crippen molar-refractivity contribution in [3.63, 3.8) is 0 Å². The number of nitrogens with two attached hydrogens (primary N) is 1. The minimum Gasteiger partial charge on any atom is -0.494 e. The maximum absolute atomic E-state index is 12.2. The highest BCUT2D eigenvalue weighted by Crippen LogP contribution is 2.45. The van der Waals surface area contributed by atoms with Crippen molar-refractivity contribution in [2.45, 2.75) is 57.6 Å². The second-order valence-electron chi connectivity index (χ2n) is 9.32. The van der Waals surface area contributed by atoms with Crippen LogP contribution in [0.25, 0.3) is 16.9 Å². The Bertz CT molecular complexity index is 1230. The molecule has 1 aromatic carbocycles. The normalized spacial score (nSPS) is 21.5. The molecule has 0 bridgehead atoms. The average Bonchev–Trinajstić information content (AvgIpc) is 3.38. The number of aromatic nitrogens is 5. The summed E-state index contributed by atoms with van der Waals surface area (Å²) in [5.74, 6) is -0.624. The van der Waals surface area contributed by atoms with Crippen LogP contribution in [0.2, 0.25) is 0 Å². The van der Waals surface area contributed by atoms with Crippen molar-refractivity contribution in [2.75, 3.05) is 11.9 Å². The highest BCUT2D eigenvalue weighted by molar-refractivity contribution is 5.77. The Balaban J connectivity index is 1.52. The number of carboxylic acids is 1. The summed E-state index contributed by atoms with van der Waals surface area (Å²) in [6.07, 6.45) is 2.29. The van der Waals surface area contributed by atoms with Crippen LogP contribution in [-0.4, -0.2) is 65.3 Å². The molecule has 1 fully saturated rings. The monoisotopic (exact) mass is 483 g/mol. The van der Waals surface area contributed by atoms with Gasteiger partial charge in [0.15, 0.2) is 11.2 Å². The lowest BCUT2D eigenvalue weighted by atomic mass is 9.75. The number of hydrogen-bond acceptors (Lipinski definition) is 9. The lowest BCUT2D eigenvalue weighted by Crippen LogP contribution is -2.41. The van der Waals surface area contributed by atoms with Gasteiger partial charge < -0.3 is 26.0 Å². The van der Waals surface area contributed by atoms with Gasteiger partial charge in [-0.25, -0.2) is 4.98 Å². The number of carbonyl (C=O) groups is 2. The summed E-state index contributed by atoms with van der Waals surface area (Å²) < 4.78 is 7.07. The first-order chi connectivity index (χ1) is 16.6. The molecule has 0 aliphatic heterocycles. The van der Waals surface area contributed by atoms with Gasteiger partial charge in [-0.1, -0.05) is 5.21 Å². The van der Waals surface area contributed by atoms with Crippen LogP contribution in [0.1, 0.15) is 46.0 Å². The Morgan fingerprint density at radius 3 is 2.74 bits per heavy atom. The van der Waals surface area contributed by atoms with Gasteiger partial charge in [0, 0.05) is 6.04 Å². The first kappa shape index (κ1) is 24.3. The third-order valence-corrected chi connectivity index (χ3v) is 6.25. The minimum absolute atomic E-state index is 0.0786. The van der Waals surface area contributed by atoms with Crippen molar-refractivity contribution in [2.24, 2.45) is 11.1 Å². The maximum atomic E-state index is 12.2.